The number of esters is 1. The monoisotopic (exact) mass is 506 g/mol. The second-order valence-electron chi connectivity index (χ2n) is 12.7. The molecule has 5 nitrogen and oxygen atoms in total. The van der Waals surface area contributed by atoms with Crippen LogP contribution >= 0.6 is 0 Å². The average Bonchev–Trinajstić information content (AvgIpc) is 3.08. The Morgan fingerprint density at radius 3 is 2.38 bits per heavy atom. The predicted molar refractivity (Wildman–Crippen MR) is 146 cm³/mol. The highest BCUT2D eigenvalue weighted by molar-refractivity contribution is 6.00. The summed E-state index contributed by atoms with van der Waals surface area (Å²) < 4.78 is 11.2. The molecule has 0 saturated heterocycles. The fourth-order valence-electron chi connectivity index (χ4n) is 8.17. The third-order valence-corrected chi connectivity index (χ3v) is 10.0. The van der Waals surface area contributed by atoms with Crippen LogP contribution in [-0.2, 0) is 14.3 Å². The molecule has 0 radical (unpaired) electrons. The molecule has 200 valence electrons. The van der Waals surface area contributed by atoms with Crippen molar-refractivity contribution in [2.75, 3.05) is 0 Å². The van der Waals surface area contributed by atoms with Crippen LogP contribution in [0.3, 0.4) is 0 Å². The minimum Gasteiger partial charge on any atom is -0.462 e. The van der Waals surface area contributed by atoms with Crippen molar-refractivity contribution in [2.45, 2.75) is 93.6 Å². The van der Waals surface area contributed by atoms with Gasteiger partial charge in [-0.1, -0.05) is 45.9 Å². The number of allylic oxidation sites excluding steroid dienone is 6. The smallest absolute Gasteiger partial charge is 0.339 e. The van der Waals surface area contributed by atoms with E-state index in [1.54, 1.807) is 13.0 Å². The Hall–Kier alpha value is -2.69. The topological polar surface area (TPSA) is 73.6 Å². The first-order valence-corrected chi connectivity index (χ1v) is 13.6. The zero-order chi connectivity index (χ0) is 27.3. The fraction of sp³-hybridized carbons (Fsp3) is 0.594. The minimum atomic E-state index is -0.322. The van der Waals surface area contributed by atoms with Crippen LogP contribution < -0.4 is 5.63 Å². The van der Waals surface area contributed by atoms with Crippen molar-refractivity contribution >= 4 is 17.3 Å². The number of rotatable bonds is 4. The van der Waals surface area contributed by atoms with Crippen molar-refractivity contribution in [1.82, 2.24) is 0 Å². The maximum atomic E-state index is 13.5. The van der Waals surface area contributed by atoms with Gasteiger partial charge in [-0.05, 0) is 87.0 Å². The number of carbonyl (C=O) groups excluding carboxylic acids is 2. The molecule has 0 N–H and O–H groups in total. The predicted octanol–water partition coefficient (Wildman–Crippen LogP) is 6.99. The number of fused-ring (bicyclic) bond motifs is 3. The Kier molecular flexibility index (Phi) is 7.07. The van der Waals surface area contributed by atoms with Crippen molar-refractivity contribution < 1.29 is 18.7 Å². The van der Waals surface area contributed by atoms with Crippen LogP contribution in [0.2, 0.25) is 0 Å². The van der Waals surface area contributed by atoms with Crippen LogP contribution in [0.5, 0.6) is 0 Å². The van der Waals surface area contributed by atoms with E-state index in [4.69, 9.17) is 9.15 Å². The van der Waals surface area contributed by atoms with E-state index in [0.29, 0.717) is 23.7 Å². The minimum absolute atomic E-state index is 0.0219. The first-order valence-electron chi connectivity index (χ1n) is 13.6. The van der Waals surface area contributed by atoms with Crippen molar-refractivity contribution in [1.29, 1.82) is 0 Å². The number of Topliss-reactive ketones (excluding diaryl/α,β-unsaturated/α-hetero) is 1. The van der Waals surface area contributed by atoms with E-state index in [1.807, 2.05) is 38.1 Å². The van der Waals surface area contributed by atoms with Crippen LogP contribution in [0.15, 0.2) is 50.7 Å². The van der Waals surface area contributed by atoms with Gasteiger partial charge in [-0.25, -0.2) is 4.79 Å². The SMILES string of the molecule is CC(=O)OC1CC[C@@]2(C)[C@@H](CC[C@]3(C)\C(=C(C)/C=C/C=C(\C)c4ccc(C)c(=O)o4)C(=O)C[C@@H]23)C1(C)C. The molecule has 4 rings (SSSR count). The highest BCUT2D eigenvalue weighted by atomic mass is 16.5. The van der Waals surface area contributed by atoms with Crippen LogP contribution in [0.25, 0.3) is 5.57 Å². The van der Waals surface area contributed by atoms with Crippen molar-refractivity contribution in [3.05, 3.63) is 63.3 Å². The molecule has 1 aromatic rings. The molecule has 0 spiro atoms. The highest BCUT2D eigenvalue weighted by Crippen LogP contribution is 2.69. The van der Waals surface area contributed by atoms with Gasteiger partial charge in [-0.3, -0.25) is 9.59 Å². The van der Waals surface area contributed by atoms with Crippen LogP contribution in [0, 0.1) is 35.0 Å². The molecular formula is C32H42O5. The largest absolute Gasteiger partial charge is 0.462 e. The molecule has 0 aliphatic heterocycles. The van der Waals surface area contributed by atoms with E-state index in [2.05, 4.69) is 27.7 Å². The van der Waals surface area contributed by atoms with E-state index >= 15 is 0 Å². The zero-order valence-corrected chi connectivity index (χ0v) is 23.7. The lowest BCUT2D eigenvalue weighted by atomic mass is 9.43. The van der Waals surface area contributed by atoms with E-state index in [0.717, 1.165) is 42.4 Å². The van der Waals surface area contributed by atoms with Crippen LogP contribution in [0.4, 0.5) is 0 Å². The molecule has 3 aliphatic rings. The summed E-state index contributed by atoms with van der Waals surface area (Å²) >= 11 is 0. The first-order chi connectivity index (χ1) is 17.2. The second-order valence-corrected chi connectivity index (χ2v) is 12.7. The maximum Gasteiger partial charge on any atom is 0.339 e. The third kappa shape index (κ3) is 4.59. The van der Waals surface area contributed by atoms with Gasteiger partial charge in [0.05, 0.1) is 0 Å². The molecule has 0 bridgehead atoms. The number of carbonyl (C=O) groups is 2. The summed E-state index contributed by atoms with van der Waals surface area (Å²) in [5, 5.41) is 0. The second kappa shape index (κ2) is 9.56. The normalized spacial score (nSPS) is 34.8. The van der Waals surface area contributed by atoms with Crippen molar-refractivity contribution in [3.8, 4) is 0 Å². The van der Waals surface area contributed by atoms with E-state index in [9.17, 15) is 14.4 Å². The average molecular weight is 507 g/mol. The van der Waals surface area contributed by atoms with Gasteiger partial charge < -0.3 is 9.15 Å². The number of ether oxygens (including phenoxy) is 1. The molecule has 5 heteroatoms. The zero-order valence-electron chi connectivity index (χ0n) is 23.7. The summed E-state index contributed by atoms with van der Waals surface area (Å²) in [5.41, 5.74) is 2.84. The molecule has 1 heterocycles. The van der Waals surface area contributed by atoms with Crippen LogP contribution in [-0.4, -0.2) is 17.9 Å². The standard InChI is InChI=1S/C32H42O5/c1-19(24-13-12-21(3)29(35)37-24)10-9-11-20(2)28-23(34)18-26-31(7)17-15-27(36-22(4)33)30(5,6)25(31)14-16-32(26,28)8/h9-13,25-27H,14-18H2,1-8H3/b11-9+,19-10+,28-20-/t25-,26-,27?,31-,32-/m0/s1. The molecule has 37 heavy (non-hydrogen) atoms. The summed E-state index contributed by atoms with van der Waals surface area (Å²) in [6.45, 7) is 16.4. The molecule has 3 saturated carbocycles. The highest BCUT2D eigenvalue weighted by Gasteiger charge is 2.65. The Balaban J connectivity index is 1.62. The molecular weight excluding hydrogens is 464 g/mol. The summed E-state index contributed by atoms with van der Waals surface area (Å²) in [4.78, 5) is 37.2. The molecule has 1 unspecified atom stereocenters. The number of aryl methyl sites for hydroxylation is 1. The Bertz CT molecular complexity index is 1260. The number of hydrogen-bond acceptors (Lipinski definition) is 5. The molecule has 5 atom stereocenters. The van der Waals surface area contributed by atoms with Gasteiger partial charge in [0.25, 0.3) is 0 Å². The summed E-state index contributed by atoms with van der Waals surface area (Å²) in [6.07, 6.45) is 10.2. The van der Waals surface area contributed by atoms with E-state index in [-0.39, 0.29) is 45.6 Å². The number of ketones is 1. The van der Waals surface area contributed by atoms with Crippen molar-refractivity contribution in [3.63, 3.8) is 0 Å². The first kappa shape index (κ1) is 27.3. The Morgan fingerprint density at radius 1 is 1.03 bits per heavy atom. The molecule has 3 aliphatic carbocycles. The number of hydrogen-bond donors (Lipinski definition) is 0. The Labute approximate surface area is 221 Å². The van der Waals surface area contributed by atoms with Gasteiger partial charge in [0, 0.05) is 35.3 Å². The van der Waals surface area contributed by atoms with E-state index < -0.39 is 0 Å². The fourth-order valence-corrected chi connectivity index (χ4v) is 8.17. The van der Waals surface area contributed by atoms with Gasteiger partial charge in [0.2, 0.25) is 0 Å². The van der Waals surface area contributed by atoms with Crippen LogP contribution in [0.1, 0.15) is 91.9 Å². The lowest BCUT2D eigenvalue weighted by Gasteiger charge is -2.62. The Morgan fingerprint density at radius 2 is 1.73 bits per heavy atom. The van der Waals surface area contributed by atoms with Gasteiger partial charge in [-0.2, -0.15) is 0 Å². The lowest BCUT2D eigenvalue weighted by molar-refractivity contribution is -0.185. The van der Waals surface area contributed by atoms with Gasteiger partial charge >= 0.3 is 11.6 Å². The molecule has 0 amide bonds. The quantitative estimate of drug-likeness (QED) is 0.250. The molecule has 0 aromatic carbocycles. The summed E-state index contributed by atoms with van der Waals surface area (Å²) in [5.74, 6) is 1.28. The van der Waals surface area contributed by atoms with Gasteiger partial charge in [0.1, 0.15) is 11.9 Å². The maximum absolute atomic E-state index is 13.5. The van der Waals surface area contributed by atoms with Gasteiger partial charge in [0.15, 0.2) is 5.78 Å². The molecule has 1 aromatic heterocycles. The summed E-state index contributed by atoms with van der Waals surface area (Å²) in [6, 6.07) is 3.58. The van der Waals surface area contributed by atoms with E-state index in [1.165, 1.54) is 6.92 Å². The third-order valence-electron chi connectivity index (χ3n) is 10.0. The molecule has 3 fully saturated rings. The van der Waals surface area contributed by atoms with Gasteiger partial charge in [-0.15, -0.1) is 0 Å². The lowest BCUT2D eigenvalue weighted by Crippen LogP contribution is -2.58. The summed E-state index contributed by atoms with van der Waals surface area (Å²) in [7, 11) is 0. The van der Waals surface area contributed by atoms with Crippen molar-refractivity contribution in [2.24, 2.45) is 28.1 Å².